The Kier molecular flexibility index (Phi) is 5.70. The standard InChI is InChI=1S/C12H10N.CH4O3S.Pd/c13-12-9-5-4-8-11(12)10-6-2-1-3-7-10;1-5(2,3)4;/h1-6,8-9H,13H2;1H3,(H,2,3,4);/q;;+1/p-1. The van der Waals surface area contributed by atoms with Crippen LogP contribution in [0.3, 0.4) is 0 Å². The molecule has 0 radical (unpaired) electrons. The van der Waals surface area contributed by atoms with E-state index < -0.39 is 10.1 Å². The minimum absolute atomic E-state index is 0.604. The molecule has 2 rings (SSSR count). The molecule has 2 N–H and O–H groups in total. The topological polar surface area (TPSA) is 83.2 Å². The molecule has 0 spiro atoms. The Labute approximate surface area is 123 Å². The number of hydrogen-bond acceptors (Lipinski definition) is 4. The van der Waals surface area contributed by atoms with Gasteiger partial charge in [0.2, 0.25) is 0 Å². The van der Waals surface area contributed by atoms with Crippen LogP contribution in [0.5, 0.6) is 0 Å². The third kappa shape index (κ3) is 5.99. The summed E-state index contributed by atoms with van der Waals surface area (Å²) < 4.78 is 28.3. The molecule has 0 aromatic heterocycles. The molecule has 2 aromatic carbocycles. The predicted molar refractivity (Wildman–Crippen MR) is 71.5 cm³/mol. The van der Waals surface area contributed by atoms with Crippen molar-refractivity contribution < 1.29 is 32.2 Å². The molecule has 0 aliphatic carbocycles. The summed E-state index contributed by atoms with van der Waals surface area (Å²) >= 11 is 3.23. The third-order valence-corrected chi connectivity index (χ3v) is 2.78. The number of benzene rings is 2. The Hall–Kier alpha value is -1.19. The number of rotatable bonds is 1. The van der Waals surface area contributed by atoms with Gasteiger partial charge in [-0.1, -0.05) is 0 Å². The number of nitrogens with two attached hydrogens (primary N) is 1. The second-order valence-electron chi connectivity index (χ2n) is 3.74. The van der Waals surface area contributed by atoms with Gasteiger partial charge in [0.05, 0.1) is 10.1 Å². The molecule has 0 heterocycles. The van der Waals surface area contributed by atoms with E-state index in [2.05, 4.69) is 25.3 Å². The fourth-order valence-corrected chi connectivity index (χ4v) is 1.89. The summed E-state index contributed by atoms with van der Waals surface area (Å²) in [4.78, 5) is 0. The van der Waals surface area contributed by atoms with Crippen molar-refractivity contribution in [2.45, 2.75) is 0 Å². The molecule has 0 atom stereocenters. The number of para-hydroxylation sites is 1. The van der Waals surface area contributed by atoms with E-state index in [4.69, 9.17) is 18.7 Å². The van der Waals surface area contributed by atoms with Crippen LogP contribution in [-0.4, -0.2) is 19.2 Å². The molecule has 0 fully saturated rings. The summed E-state index contributed by atoms with van der Waals surface area (Å²) in [7, 11) is -3.92. The van der Waals surface area contributed by atoms with E-state index >= 15 is 0 Å². The second kappa shape index (κ2) is 6.83. The van der Waals surface area contributed by atoms with Gasteiger partial charge in [0, 0.05) is 6.26 Å². The van der Waals surface area contributed by atoms with E-state index in [0.717, 1.165) is 20.9 Å². The Morgan fingerprint density at radius 2 is 1.42 bits per heavy atom. The molecule has 104 valence electrons. The third-order valence-electron chi connectivity index (χ3n) is 2.10. The van der Waals surface area contributed by atoms with Crippen molar-refractivity contribution in [3.63, 3.8) is 0 Å². The zero-order valence-corrected chi connectivity index (χ0v) is 12.5. The molecule has 6 heteroatoms. The van der Waals surface area contributed by atoms with Gasteiger partial charge in [-0.2, -0.15) is 0 Å². The first-order valence-electron chi connectivity index (χ1n) is 5.26. The van der Waals surface area contributed by atoms with Gasteiger partial charge in [0.25, 0.3) is 0 Å². The van der Waals surface area contributed by atoms with E-state index in [1.807, 2.05) is 42.5 Å². The molecule has 0 unspecified atom stereocenters. The summed E-state index contributed by atoms with van der Waals surface area (Å²) in [5.74, 6) is 0. The van der Waals surface area contributed by atoms with Gasteiger partial charge in [-0.05, 0) is 0 Å². The van der Waals surface area contributed by atoms with Crippen LogP contribution in [0.4, 0.5) is 5.69 Å². The summed E-state index contributed by atoms with van der Waals surface area (Å²) in [6.45, 7) is 0. The fourth-order valence-electron chi connectivity index (χ4n) is 1.40. The molecule has 0 saturated carbocycles. The summed E-state index contributed by atoms with van der Waals surface area (Å²) in [5, 5.41) is 0. The quantitative estimate of drug-likeness (QED) is 0.466. The van der Waals surface area contributed by atoms with E-state index in [1.165, 1.54) is 0 Å². The van der Waals surface area contributed by atoms with Crippen molar-refractivity contribution in [2.24, 2.45) is 0 Å². The van der Waals surface area contributed by atoms with Crippen molar-refractivity contribution in [1.82, 2.24) is 0 Å². The molecule has 19 heavy (non-hydrogen) atoms. The molecule has 0 aliphatic heterocycles. The molecule has 2 aromatic rings. The van der Waals surface area contributed by atoms with Gasteiger partial charge in [0.15, 0.2) is 0 Å². The van der Waals surface area contributed by atoms with Gasteiger partial charge in [-0.3, -0.25) is 0 Å². The van der Waals surface area contributed by atoms with E-state index in [-0.39, 0.29) is 0 Å². The maximum atomic E-state index is 9.08. The molecule has 0 amide bonds. The van der Waals surface area contributed by atoms with Gasteiger partial charge in [-0.25, -0.2) is 8.42 Å². The molecule has 0 aliphatic rings. The Morgan fingerprint density at radius 3 is 1.89 bits per heavy atom. The van der Waals surface area contributed by atoms with Gasteiger partial charge in [0.1, 0.15) is 0 Å². The molecular weight excluding hydrogens is 357 g/mol. The van der Waals surface area contributed by atoms with Crippen molar-refractivity contribution >= 4 is 19.8 Å². The summed E-state index contributed by atoms with van der Waals surface area (Å²) in [6.07, 6.45) is 0.604. The second-order valence-corrected chi connectivity index (χ2v) is 5.98. The monoisotopic (exact) mass is 369 g/mol. The van der Waals surface area contributed by atoms with Gasteiger partial charge < -0.3 is 4.55 Å². The van der Waals surface area contributed by atoms with Crippen LogP contribution in [0.25, 0.3) is 11.1 Å². The number of anilines is 1. The number of hydrogen-bond donors (Lipinski definition) is 1. The van der Waals surface area contributed by atoms with E-state index in [9.17, 15) is 0 Å². The van der Waals surface area contributed by atoms with Crippen LogP contribution in [-0.2, 0) is 29.3 Å². The van der Waals surface area contributed by atoms with Crippen molar-refractivity contribution in [2.75, 3.05) is 12.0 Å². The van der Waals surface area contributed by atoms with Crippen molar-refractivity contribution in [3.8, 4) is 11.1 Å². The molecule has 4 nitrogen and oxygen atoms in total. The zero-order chi connectivity index (χ0) is 14.5. The van der Waals surface area contributed by atoms with Crippen LogP contribution in [0, 0.1) is 0 Å². The molecular formula is C13H13NO3PdS. The SMILES string of the molecule is CS(=O)(=O)[O-].Nc1ccccc1-c1cccc[c]1[Pd+]. The normalized spacial score (nSPS) is 10.5. The summed E-state index contributed by atoms with van der Waals surface area (Å²) in [5.41, 5.74) is 8.94. The van der Waals surface area contributed by atoms with Crippen LogP contribution in [0.1, 0.15) is 0 Å². The van der Waals surface area contributed by atoms with Crippen LogP contribution < -0.4 is 9.77 Å². The first kappa shape index (κ1) is 15.9. The van der Waals surface area contributed by atoms with Crippen LogP contribution in [0.15, 0.2) is 48.5 Å². The molecule has 0 saturated heterocycles. The summed E-state index contributed by atoms with van der Waals surface area (Å²) in [6, 6.07) is 16.0. The van der Waals surface area contributed by atoms with Gasteiger partial charge >= 0.3 is 94.3 Å². The number of nitrogen functional groups attached to an aromatic ring is 1. The zero-order valence-electron chi connectivity index (χ0n) is 10.1. The van der Waals surface area contributed by atoms with Crippen molar-refractivity contribution in [3.05, 3.63) is 48.5 Å². The van der Waals surface area contributed by atoms with Gasteiger partial charge in [-0.15, -0.1) is 0 Å². The Bertz CT molecular complexity index is 605. The fraction of sp³-hybridized carbons (Fsp3) is 0.0769. The average molecular weight is 370 g/mol. The first-order chi connectivity index (χ1) is 8.79. The predicted octanol–water partition coefficient (Wildman–Crippen LogP) is 1.27. The Morgan fingerprint density at radius 1 is 1.00 bits per heavy atom. The first-order valence-corrected chi connectivity index (χ1v) is 7.85. The van der Waals surface area contributed by atoms with Crippen LogP contribution in [0.2, 0.25) is 0 Å². The van der Waals surface area contributed by atoms with Crippen molar-refractivity contribution in [1.29, 1.82) is 0 Å². The van der Waals surface area contributed by atoms with Crippen LogP contribution >= 0.6 is 0 Å². The minimum atomic E-state index is -3.92. The van der Waals surface area contributed by atoms with E-state index in [0.29, 0.717) is 6.26 Å². The Balaban J connectivity index is 0.000000312. The van der Waals surface area contributed by atoms with E-state index in [1.54, 1.807) is 0 Å². The maximum absolute atomic E-state index is 9.08. The average Bonchev–Trinajstić information content (AvgIpc) is 2.29. The molecule has 0 bridgehead atoms.